The summed E-state index contributed by atoms with van der Waals surface area (Å²) in [6.07, 6.45) is 0. The van der Waals surface area contributed by atoms with Gasteiger partial charge in [0.25, 0.3) is 0 Å². The van der Waals surface area contributed by atoms with Gasteiger partial charge in [-0.2, -0.15) is 0 Å². The van der Waals surface area contributed by atoms with E-state index in [4.69, 9.17) is 23.2 Å². The highest BCUT2D eigenvalue weighted by Crippen LogP contribution is 2.19. The number of alkyl halides is 1. The zero-order valence-corrected chi connectivity index (χ0v) is 10.9. The summed E-state index contributed by atoms with van der Waals surface area (Å²) in [5.41, 5.74) is 0.0280. The number of nitrogens with one attached hydrogen (secondary N) is 1. The zero-order valence-electron chi connectivity index (χ0n) is 9.34. The molecule has 4 nitrogen and oxygen atoms in total. The van der Waals surface area contributed by atoms with Gasteiger partial charge in [0, 0.05) is 11.6 Å². The van der Waals surface area contributed by atoms with Crippen LogP contribution in [0.15, 0.2) is 6.07 Å². The predicted molar refractivity (Wildman–Crippen MR) is 64.9 cm³/mol. The van der Waals surface area contributed by atoms with E-state index in [1.165, 1.54) is 0 Å². The summed E-state index contributed by atoms with van der Waals surface area (Å²) in [5, 5.41) is 2.88. The highest BCUT2D eigenvalue weighted by Gasteiger charge is 2.27. The van der Waals surface area contributed by atoms with Crippen molar-refractivity contribution in [2.75, 3.05) is 11.2 Å². The van der Waals surface area contributed by atoms with Crippen LogP contribution in [0.2, 0.25) is 5.15 Å². The summed E-state index contributed by atoms with van der Waals surface area (Å²) in [6, 6.07) is 1.61. The molecule has 16 heavy (non-hydrogen) atoms. The second-order valence-corrected chi connectivity index (χ2v) is 4.78. The number of aromatic nitrogens is 2. The van der Waals surface area contributed by atoms with E-state index in [0.29, 0.717) is 10.8 Å². The van der Waals surface area contributed by atoms with Gasteiger partial charge >= 0.3 is 0 Å². The van der Waals surface area contributed by atoms with E-state index in [0.717, 1.165) is 0 Å². The Hall–Kier alpha value is -0.870. The Morgan fingerprint density at radius 2 is 2.12 bits per heavy atom. The number of rotatable bonds is 3. The molecule has 88 valence electrons. The SMILES string of the molecule is Cc1cc(Cl)nc(NC(=O)C(C)(C)CCl)n1. The van der Waals surface area contributed by atoms with Crippen LogP contribution in [0.25, 0.3) is 0 Å². The Morgan fingerprint density at radius 1 is 1.50 bits per heavy atom. The lowest BCUT2D eigenvalue weighted by Crippen LogP contribution is -2.32. The van der Waals surface area contributed by atoms with Crippen molar-refractivity contribution in [2.45, 2.75) is 20.8 Å². The van der Waals surface area contributed by atoms with Crippen molar-refractivity contribution in [3.05, 3.63) is 16.9 Å². The molecular weight excluding hydrogens is 249 g/mol. The van der Waals surface area contributed by atoms with Crippen LogP contribution in [0.3, 0.4) is 0 Å². The number of hydrogen-bond donors (Lipinski definition) is 1. The minimum absolute atomic E-state index is 0.202. The fraction of sp³-hybridized carbons (Fsp3) is 0.500. The van der Waals surface area contributed by atoms with Gasteiger partial charge < -0.3 is 0 Å². The summed E-state index contributed by atoms with van der Waals surface area (Å²) >= 11 is 11.4. The molecule has 0 aliphatic rings. The molecule has 0 fully saturated rings. The van der Waals surface area contributed by atoms with Crippen LogP contribution in [-0.4, -0.2) is 21.8 Å². The maximum Gasteiger partial charge on any atom is 0.233 e. The first-order valence-electron chi connectivity index (χ1n) is 4.74. The molecule has 0 atom stereocenters. The smallest absolute Gasteiger partial charge is 0.233 e. The molecular formula is C10H13Cl2N3O. The lowest BCUT2D eigenvalue weighted by molar-refractivity contribution is -0.123. The van der Waals surface area contributed by atoms with Crippen LogP contribution in [0.5, 0.6) is 0 Å². The van der Waals surface area contributed by atoms with E-state index >= 15 is 0 Å². The molecule has 1 aromatic heterocycles. The van der Waals surface area contributed by atoms with E-state index < -0.39 is 5.41 Å². The molecule has 1 aromatic rings. The Bertz CT molecular complexity index is 387. The number of aryl methyl sites for hydroxylation is 1. The molecule has 6 heteroatoms. The Labute approximate surface area is 104 Å². The molecule has 0 aliphatic carbocycles. The minimum atomic E-state index is -0.666. The highest BCUT2D eigenvalue weighted by molar-refractivity contribution is 6.29. The molecule has 0 saturated carbocycles. The van der Waals surface area contributed by atoms with Crippen LogP contribution in [0.1, 0.15) is 19.5 Å². The van der Waals surface area contributed by atoms with Gasteiger partial charge in [-0.25, -0.2) is 9.97 Å². The molecule has 0 radical (unpaired) electrons. The molecule has 1 rings (SSSR count). The molecule has 0 aromatic carbocycles. The second-order valence-electron chi connectivity index (χ2n) is 4.13. The van der Waals surface area contributed by atoms with Crippen molar-refractivity contribution in [3.8, 4) is 0 Å². The van der Waals surface area contributed by atoms with Crippen LogP contribution in [0, 0.1) is 12.3 Å². The Morgan fingerprint density at radius 3 is 2.62 bits per heavy atom. The summed E-state index contributed by atoms with van der Waals surface area (Å²) in [7, 11) is 0. The van der Waals surface area contributed by atoms with E-state index in [1.807, 2.05) is 0 Å². The topological polar surface area (TPSA) is 54.9 Å². The van der Waals surface area contributed by atoms with Crippen LogP contribution in [-0.2, 0) is 4.79 Å². The third kappa shape index (κ3) is 3.32. The standard InChI is InChI=1S/C10H13Cl2N3O/c1-6-4-7(12)14-9(13-6)15-8(16)10(2,3)5-11/h4H,5H2,1-3H3,(H,13,14,15,16). The average molecular weight is 262 g/mol. The number of anilines is 1. The van der Waals surface area contributed by atoms with Gasteiger partial charge in [-0.1, -0.05) is 11.6 Å². The van der Waals surface area contributed by atoms with Crippen molar-refractivity contribution in [3.63, 3.8) is 0 Å². The normalized spacial score (nSPS) is 11.3. The molecule has 1 amide bonds. The molecule has 0 saturated heterocycles. The van der Waals surface area contributed by atoms with E-state index in [9.17, 15) is 4.79 Å². The molecule has 1 heterocycles. The third-order valence-electron chi connectivity index (χ3n) is 2.00. The van der Waals surface area contributed by atoms with Gasteiger partial charge in [-0.05, 0) is 26.8 Å². The highest BCUT2D eigenvalue weighted by atomic mass is 35.5. The van der Waals surface area contributed by atoms with E-state index in [2.05, 4.69) is 15.3 Å². The first kappa shape index (κ1) is 13.2. The lowest BCUT2D eigenvalue weighted by Gasteiger charge is -2.19. The number of amides is 1. The zero-order chi connectivity index (χ0) is 12.3. The lowest BCUT2D eigenvalue weighted by atomic mass is 9.95. The fourth-order valence-corrected chi connectivity index (χ4v) is 1.28. The first-order chi connectivity index (χ1) is 7.35. The van der Waals surface area contributed by atoms with Gasteiger partial charge in [-0.15, -0.1) is 11.6 Å². The van der Waals surface area contributed by atoms with E-state index in [1.54, 1.807) is 26.8 Å². The van der Waals surface area contributed by atoms with Gasteiger partial charge in [-0.3, -0.25) is 10.1 Å². The number of halogens is 2. The number of carbonyl (C=O) groups is 1. The molecule has 0 spiro atoms. The maximum atomic E-state index is 11.8. The number of hydrogen-bond acceptors (Lipinski definition) is 3. The monoisotopic (exact) mass is 261 g/mol. The first-order valence-corrected chi connectivity index (χ1v) is 5.65. The quantitative estimate of drug-likeness (QED) is 0.673. The Kier molecular flexibility index (Phi) is 4.10. The minimum Gasteiger partial charge on any atom is -0.294 e. The van der Waals surface area contributed by atoms with Crippen LogP contribution in [0.4, 0.5) is 5.95 Å². The molecule has 1 N–H and O–H groups in total. The second kappa shape index (κ2) is 4.97. The Balaban J connectivity index is 2.85. The van der Waals surface area contributed by atoms with Crippen LogP contribution < -0.4 is 5.32 Å². The number of carbonyl (C=O) groups excluding carboxylic acids is 1. The van der Waals surface area contributed by atoms with Crippen molar-refractivity contribution in [1.82, 2.24) is 9.97 Å². The summed E-state index contributed by atoms with van der Waals surface area (Å²) in [4.78, 5) is 19.7. The summed E-state index contributed by atoms with van der Waals surface area (Å²) < 4.78 is 0. The molecule has 0 aliphatic heterocycles. The van der Waals surface area contributed by atoms with Crippen LogP contribution >= 0.6 is 23.2 Å². The molecule has 0 bridgehead atoms. The van der Waals surface area contributed by atoms with Gasteiger partial charge in [0.1, 0.15) is 5.15 Å². The molecule has 0 unspecified atom stereocenters. The van der Waals surface area contributed by atoms with Gasteiger partial charge in [0.15, 0.2) is 0 Å². The summed E-state index contributed by atoms with van der Waals surface area (Å²) in [5.74, 6) is 0.190. The van der Waals surface area contributed by atoms with Gasteiger partial charge in [0.2, 0.25) is 11.9 Å². The van der Waals surface area contributed by atoms with Crippen molar-refractivity contribution < 1.29 is 4.79 Å². The maximum absolute atomic E-state index is 11.8. The largest absolute Gasteiger partial charge is 0.294 e. The van der Waals surface area contributed by atoms with Crippen molar-refractivity contribution in [1.29, 1.82) is 0 Å². The van der Waals surface area contributed by atoms with Crippen molar-refractivity contribution >= 4 is 35.1 Å². The fourth-order valence-electron chi connectivity index (χ4n) is 0.917. The number of nitrogens with zero attached hydrogens (tertiary/aromatic N) is 2. The average Bonchev–Trinajstić information content (AvgIpc) is 2.15. The third-order valence-corrected chi connectivity index (χ3v) is 2.86. The summed E-state index contributed by atoms with van der Waals surface area (Å²) in [6.45, 7) is 5.26. The van der Waals surface area contributed by atoms with Gasteiger partial charge in [0.05, 0.1) is 5.41 Å². The van der Waals surface area contributed by atoms with Crippen molar-refractivity contribution in [2.24, 2.45) is 5.41 Å². The van der Waals surface area contributed by atoms with E-state index in [-0.39, 0.29) is 17.7 Å². The predicted octanol–water partition coefficient (Wildman–Crippen LogP) is 2.64.